The van der Waals surface area contributed by atoms with E-state index in [2.05, 4.69) is 60.8 Å². The molecule has 0 saturated carbocycles. The standard InChI is InChI=1S/C17H21N/c1-3-8-14-9-4-6-11-16(14)17-12-7-5-10-15(17)13-18-2/h4-7,9-12,18H,3,8,13H2,1-2H3. The van der Waals surface area contributed by atoms with Crippen LogP contribution in [-0.2, 0) is 13.0 Å². The molecule has 0 amide bonds. The fourth-order valence-corrected chi connectivity index (χ4v) is 2.40. The van der Waals surface area contributed by atoms with Crippen LogP contribution >= 0.6 is 0 Å². The van der Waals surface area contributed by atoms with E-state index < -0.39 is 0 Å². The van der Waals surface area contributed by atoms with Crippen molar-refractivity contribution in [2.24, 2.45) is 0 Å². The summed E-state index contributed by atoms with van der Waals surface area (Å²) in [7, 11) is 1.99. The number of benzene rings is 2. The van der Waals surface area contributed by atoms with E-state index >= 15 is 0 Å². The first kappa shape index (κ1) is 12.8. The highest BCUT2D eigenvalue weighted by Crippen LogP contribution is 2.27. The van der Waals surface area contributed by atoms with Gasteiger partial charge in [-0.05, 0) is 35.7 Å². The number of rotatable bonds is 5. The summed E-state index contributed by atoms with van der Waals surface area (Å²) < 4.78 is 0. The van der Waals surface area contributed by atoms with Gasteiger partial charge in [0.2, 0.25) is 0 Å². The van der Waals surface area contributed by atoms with E-state index in [1.807, 2.05) is 7.05 Å². The molecule has 94 valence electrons. The summed E-state index contributed by atoms with van der Waals surface area (Å²) in [4.78, 5) is 0. The Morgan fingerprint density at radius 2 is 1.39 bits per heavy atom. The highest BCUT2D eigenvalue weighted by molar-refractivity contribution is 5.70. The molecule has 18 heavy (non-hydrogen) atoms. The lowest BCUT2D eigenvalue weighted by Crippen LogP contribution is -2.06. The zero-order chi connectivity index (χ0) is 12.8. The summed E-state index contributed by atoms with van der Waals surface area (Å²) in [5.41, 5.74) is 5.55. The maximum absolute atomic E-state index is 3.25. The second-order valence-electron chi connectivity index (χ2n) is 4.59. The Bertz CT molecular complexity index is 455. The van der Waals surface area contributed by atoms with Gasteiger partial charge in [0.05, 0.1) is 0 Å². The molecule has 0 aliphatic heterocycles. The molecule has 0 spiro atoms. The Labute approximate surface area is 110 Å². The third-order valence-electron chi connectivity index (χ3n) is 3.21. The van der Waals surface area contributed by atoms with Crippen LogP contribution in [0, 0.1) is 0 Å². The molecule has 0 heterocycles. The summed E-state index contributed by atoms with van der Waals surface area (Å²) in [6.07, 6.45) is 2.33. The molecule has 0 bridgehead atoms. The maximum atomic E-state index is 3.25. The van der Waals surface area contributed by atoms with Gasteiger partial charge < -0.3 is 5.32 Å². The Balaban J connectivity index is 2.47. The molecule has 2 rings (SSSR count). The van der Waals surface area contributed by atoms with Crippen molar-refractivity contribution in [1.29, 1.82) is 0 Å². The Kier molecular flexibility index (Phi) is 4.54. The molecule has 0 fully saturated rings. The molecule has 2 aromatic carbocycles. The third kappa shape index (κ3) is 2.80. The van der Waals surface area contributed by atoms with Gasteiger partial charge in [-0.3, -0.25) is 0 Å². The number of aryl methyl sites for hydroxylation is 1. The second-order valence-corrected chi connectivity index (χ2v) is 4.59. The van der Waals surface area contributed by atoms with E-state index in [1.165, 1.54) is 28.7 Å². The van der Waals surface area contributed by atoms with Crippen LogP contribution in [0.25, 0.3) is 11.1 Å². The van der Waals surface area contributed by atoms with Crippen molar-refractivity contribution in [2.45, 2.75) is 26.3 Å². The van der Waals surface area contributed by atoms with Gasteiger partial charge in [-0.2, -0.15) is 0 Å². The largest absolute Gasteiger partial charge is 0.316 e. The highest BCUT2D eigenvalue weighted by atomic mass is 14.8. The maximum Gasteiger partial charge on any atom is 0.0208 e. The topological polar surface area (TPSA) is 12.0 Å². The Morgan fingerprint density at radius 3 is 2.00 bits per heavy atom. The summed E-state index contributed by atoms with van der Waals surface area (Å²) in [6.45, 7) is 3.15. The minimum absolute atomic E-state index is 0.913. The molecule has 1 heteroatoms. The average molecular weight is 239 g/mol. The molecule has 0 aromatic heterocycles. The van der Waals surface area contributed by atoms with Crippen LogP contribution in [-0.4, -0.2) is 7.05 Å². The molecule has 0 aliphatic carbocycles. The molecule has 1 nitrogen and oxygen atoms in total. The normalized spacial score (nSPS) is 10.6. The van der Waals surface area contributed by atoms with Crippen LogP contribution in [0.3, 0.4) is 0 Å². The molecule has 0 unspecified atom stereocenters. The first-order chi connectivity index (χ1) is 8.86. The van der Waals surface area contributed by atoms with Gasteiger partial charge in [-0.15, -0.1) is 0 Å². The predicted molar refractivity (Wildman–Crippen MR) is 78.6 cm³/mol. The smallest absolute Gasteiger partial charge is 0.0208 e. The molecule has 0 aliphatic rings. The van der Waals surface area contributed by atoms with Gasteiger partial charge >= 0.3 is 0 Å². The van der Waals surface area contributed by atoms with Crippen molar-refractivity contribution in [3.05, 3.63) is 59.7 Å². The number of hydrogen-bond acceptors (Lipinski definition) is 1. The van der Waals surface area contributed by atoms with E-state index in [0.717, 1.165) is 13.0 Å². The van der Waals surface area contributed by atoms with Crippen LogP contribution in [0.5, 0.6) is 0 Å². The highest BCUT2D eigenvalue weighted by Gasteiger charge is 2.07. The summed E-state index contributed by atoms with van der Waals surface area (Å²) in [6, 6.07) is 17.4. The van der Waals surface area contributed by atoms with Crippen molar-refractivity contribution < 1.29 is 0 Å². The quantitative estimate of drug-likeness (QED) is 0.830. The van der Waals surface area contributed by atoms with E-state index in [9.17, 15) is 0 Å². The fourth-order valence-electron chi connectivity index (χ4n) is 2.40. The van der Waals surface area contributed by atoms with Crippen molar-refractivity contribution in [3.63, 3.8) is 0 Å². The zero-order valence-electron chi connectivity index (χ0n) is 11.2. The summed E-state index contributed by atoms with van der Waals surface area (Å²) >= 11 is 0. The van der Waals surface area contributed by atoms with Crippen molar-refractivity contribution in [3.8, 4) is 11.1 Å². The molecule has 0 saturated heterocycles. The molecule has 1 N–H and O–H groups in total. The van der Waals surface area contributed by atoms with Gasteiger partial charge in [0.1, 0.15) is 0 Å². The first-order valence-electron chi connectivity index (χ1n) is 6.67. The van der Waals surface area contributed by atoms with Crippen molar-refractivity contribution in [1.82, 2.24) is 5.32 Å². The van der Waals surface area contributed by atoms with Crippen LogP contribution in [0.4, 0.5) is 0 Å². The molecule has 2 aromatic rings. The average Bonchev–Trinajstić information content (AvgIpc) is 2.41. The van der Waals surface area contributed by atoms with Crippen molar-refractivity contribution >= 4 is 0 Å². The van der Waals surface area contributed by atoms with Crippen LogP contribution < -0.4 is 5.32 Å². The van der Waals surface area contributed by atoms with Crippen LogP contribution in [0.1, 0.15) is 24.5 Å². The lowest BCUT2D eigenvalue weighted by Gasteiger charge is -2.13. The summed E-state index contributed by atoms with van der Waals surface area (Å²) in [5, 5.41) is 3.25. The minimum Gasteiger partial charge on any atom is -0.316 e. The van der Waals surface area contributed by atoms with E-state index in [4.69, 9.17) is 0 Å². The first-order valence-corrected chi connectivity index (χ1v) is 6.67. The monoisotopic (exact) mass is 239 g/mol. The molecular formula is C17H21N. The van der Waals surface area contributed by atoms with E-state index in [-0.39, 0.29) is 0 Å². The zero-order valence-corrected chi connectivity index (χ0v) is 11.2. The van der Waals surface area contributed by atoms with Gasteiger partial charge in [0.25, 0.3) is 0 Å². The lowest BCUT2D eigenvalue weighted by molar-refractivity contribution is 0.819. The third-order valence-corrected chi connectivity index (χ3v) is 3.21. The van der Waals surface area contributed by atoms with Gasteiger partial charge in [-0.1, -0.05) is 61.9 Å². The van der Waals surface area contributed by atoms with Crippen molar-refractivity contribution in [2.75, 3.05) is 7.05 Å². The Hall–Kier alpha value is -1.60. The van der Waals surface area contributed by atoms with Gasteiger partial charge in [-0.25, -0.2) is 0 Å². The fraction of sp³-hybridized carbons (Fsp3) is 0.294. The minimum atomic E-state index is 0.913. The number of hydrogen-bond donors (Lipinski definition) is 1. The Morgan fingerprint density at radius 1 is 0.833 bits per heavy atom. The SMILES string of the molecule is CCCc1ccccc1-c1ccccc1CNC. The second kappa shape index (κ2) is 6.36. The molecular weight excluding hydrogens is 218 g/mol. The van der Waals surface area contributed by atoms with Gasteiger partial charge in [0.15, 0.2) is 0 Å². The van der Waals surface area contributed by atoms with E-state index in [0.29, 0.717) is 0 Å². The molecule has 0 radical (unpaired) electrons. The summed E-state index contributed by atoms with van der Waals surface area (Å²) in [5.74, 6) is 0. The lowest BCUT2D eigenvalue weighted by atomic mass is 9.93. The predicted octanol–water partition coefficient (Wildman–Crippen LogP) is 4.03. The van der Waals surface area contributed by atoms with Crippen LogP contribution in [0.2, 0.25) is 0 Å². The van der Waals surface area contributed by atoms with Crippen LogP contribution in [0.15, 0.2) is 48.5 Å². The van der Waals surface area contributed by atoms with Gasteiger partial charge in [0, 0.05) is 6.54 Å². The van der Waals surface area contributed by atoms with E-state index in [1.54, 1.807) is 0 Å². The number of nitrogens with one attached hydrogen (secondary N) is 1. The molecule has 0 atom stereocenters.